The minimum atomic E-state index is 0.350. The van der Waals surface area contributed by atoms with Gasteiger partial charge < -0.3 is 4.89 Å². The Morgan fingerprint density at radius 1 is 1.44 bits per heavy atom. The largest absolute Gasteiger partial charge is 0.340 e. The highest BCUT2D eigenvalue weighted by Gasteiger charge is 1.90. The molecule has 9 heavy (non-hydrogen) atoms. The molecule has 2 nitrogen and oxygen atoms in total. The van der Waals surface area contributed by atoms with Gasteiger partial charge in [-0.15, -0.1) is 0 Å². The van der Waals surface area contributed by atoms with Gasteiger partial charge in [0.1, 0.15) is 0 Å². The lowest BCUT2D eigenvalue weighted by Crippen LogP contribution is -1.81. The molecular weight excluding hydrogens is 140 g/mol. The first-order valence-electron chi connectivity index (χ1n) is 2.40. The molecule has 0 bridgehead atoms. The molecule has 0 aliphatic rings. The Morgan fingerprint density at radius 3 is 2.67 bits per heavy atom. The van der Waals surface area contributed by atoms with Gasteiger partial charge in [0.2, 0.25) is 0 Å². The Morgan fingerprint density at radius 2 is 2.22 bits per heavy atom. The monoisotopic (exact) mass is 144 g/mol. The van der Waals surface area contributed by atoms with Gasteiger partial charge in [0.05, 0.1) is 0 Å². The third-order valence-corrected chi connectivity index (χ3v) is 1.14. The first-order chi connectivity index (χ1) is 4.33. The molecule has 1 aromatic carbocycles. The van der Waals surface area contributed by atoms with Crippen LogP contribution in [0, 0.1) is 0 Å². The molecule has 1 rings (SSSR count). The lowest BCUT2D eigenvalue weighted by atomic mass is 10.3. The zero-order valence-electron chi connectivity index (χ0n) is 4.54. The van der Waals surface area contributed by atoms with Crippen molar-refractivity contribution in [3.8, 4) is 5.75 Å². The van der Waals surface area contributed by atoms with E-state index in [1.54, 1.807) is 18.2 Å². The summed E-state index contributed by atoms with van der Waals surface area (Å²) < 4.78 is 0. The molecule has 3 heteroatoms. The molecule has 1 N–H and O–H groups in total. The van der Waals surface area contributed by atoms with Gasteiger partial charge >= 0.3 is 0 Å². The van der Waals surface area contributed by atoms with E-state index in [1.807, 2.05) is 0 Å². The van der Waals surface area contributed by atoms with Crippen LogP contribution in [-0.4, -0.2) is 5.26 Å². The molecule has 0 aromatic heterocycles. The highest BCUT2D eigenvalue weighted by atomic mass is 35.5. The van der Waals surface area contributed by atoms with Crippen molar-refractivity contribution >= 4 is 11.6 Å². The van der Waals surface area contributed by atoms with E-state index in [4.69, 9.17) is 16.9 Å². The Kier molecular flexibility index (Phi) is 1.92. The molecule has 0 unspecified atom stereocenters. The topological polar surface area (TPSA) is 29.5 Å². The Bertz CT molecular complexity index is 200. The van der Waals surface area contributed by atoms with Crippen LogP contribution in [0.4, 0.5) is 0 Å². The van der Waals surface area contributed by atoms with Crippen molar-refractivity contribution in [2.45, 2.75) is 0 Å². The van der Waals surface area contributed by atoms with Crippen molar-refractivity contribution in [2.24, 2.45) is 0 Å². The molecule has 0 saturated heterocycles. The average molecular weight is 145 g/mol. The van der Waals surface area contributed by atoms with E-state index in [9.17, 15) is 0 Å². The highest BCUT2D eigenvalue weighted by molar-refractivity contribution is 6.30. The molecule has 1 aromatic rings. The molecule has 0 aliphatic carbocycles. The molecule has 0 atom stereocenters. The summed E-state index contributed by atoms with van der Waals surface area (Å²) in [6, 6.07) is 6.51. The van der Waals surface area contributed by atoms with Crippen LogP contribution in [0.15, 0.2) is 24.3 Å². The van der Waals surface area contributed by atoms with Gasteiger partial charge in [-0.3, -0.25) is 0 Å². The second kappa shape index (κ2) is 2.71. The van der Waals surface area contributed by atoms with Crippen molar-refractivity contribution in [1.29, 1.82) is 0 Å². The van der Waals surface area contributed by atoms with Crippen LogP contribution in [0.5, 0.6) is 5.75 Å². The van der Waals surface area contributed by atoms with Crippen LogP contribution >= 0.6 is 11.6 Å². The summed E-state index contributed by atoms with van der Waals surface area (Å²) in [5.74, 6) is 0.350. The summed E-state index contributed by atoms with van der Waals surface area (Å²) in [6.45, 7) is 0. The summed E-state index contributed by atoms with van der Waals surface area (Å²) in [5.41, 5.74) is 0. The third kappa shape index (κ3) is 1.59. The highest BCUT2D eigenvalue weighted by Crippen LogP contribution is 2.15. The minimum absolute atomic E-state index is 0.350. The zero-order chi connectivity index (χ0) is 6.69. The second-order valence-electron chi connectivity index (χ2n) is 1.55. The van der Waals surface area contributed by atoms with Crippen molar-refractivity contribution in [2.75, 3.05) is 0 Å². The third-order valence-electron chi connectivity index (χ3n) is 0.901. The Hall–Kier alpha value is -0.730. The summed E-state index contributed by atoms with van der Waals surface area (Å²) in [5, 5.41) is 8.65. The first-order valence-corrected chi connectivity index (χ1v) is 2.78. The fraction of sp³-hybridized carbons (Fsp3) is 0. The Balaban J connectivity index is 2.94. The molecule has 48 valence electrons. The number of halogens is 1. The smallest absolute Gasteiger partial charge is 0.166 e. The SMILES string of the molecule is OOc1cccc(Cl)c1. The van der Waals surface area contributed by atoms with Crippen molar-refractivity contribution in [1.82, 2.24) is 0 Å². The van der Waals surface area contributed by atoms with E-state index in [-0.39, 0.29) is 0 Å². The van der Waals surface area contributed by atoms with E-state index in [0.29, 0.717) is 10.8 Å². The van der Waals surface area contributed by atoms with Crippen molar-refractivity contribution in [3.05, 3.63) is 29.3 Å². The fourth-order valence-corrected chi connectivity index (χ4v) is 0.704. The predicted molar refractivity (Wildman–Crippen MR) is 34.7 cm³/mol. The van der Waals surface area contributed by atoms with Crippen molar-refractivity contribution in [3.63, 3.8) is 0 Å². The normalized spacial score (nSPS) is 9.11. The van der Waals surface area contributed by atoms with E-state index in [1.165, 1.54) is 6.07 Å². The summed E-state index contributed by atoms with van der Waals surface area (Å²) in [7, 11) is 0. The van der Waals surface area contributed by atoms with Gasteiger partial charge in [0.15, 0.2) is 5.75 Å². The van der Waals surface area contributed by atoms with Gasteiger partial charge in [-0.2, -0.15) is 0 Å². The summed E-state index contributed by atoms with van der Waals surface area (Å²) in [4.78, 5) is 3.91. The lowest BCUT2D eigenvalue weighted by Gasteiger charge is -1.93. The number of hydrogen-bond acceptors (Lipinski definition) is 2. The number of benzene rings is 1. The van der Waals surface area contributed by atoms with Crippen LogP contribution < -0.4 is 4.89 Å². The van der Waals surface area contributed by atoms with E-state index < -0.39 is 0 Å². The first kappa shape index (κ1) is 6.39. The van der Waals surface area contributed by atoms with Gasteiger partial charge in [-0.05, 0) is 12.1 Å². The minimum Gasteiger partial charge on any atom is -0.340 e. The van der Waals surface area contributed by atoms with E-state index in [2.05, 4.69) is 4.89 Å². The molecule has 0 fully saturated rings. The maximum atomic E-state index is 8.10. The number of hydrogen-bond donors (Lipinski definition) is 1. The maximum absolute atomic E-state index is 8.10. The van der Waals surface area contributed by atoms with Crippen LogP contribution in [0.2, 0.25) is 5.02 Å². The fourth-order valence-electron chi connectivity index (χ4n) is 0.524. The number of rotatable bonds is 1. The van der Waals surface area contributed by atoms with Gasteiger partial charge in [-0.25, -0.2) is 5.26 Å². The zero-order valence-corrected chi connectivity index (χ0v) is 5.30. The van der Waals surface area contributed by atoms with E-state index >= 15 is 0 Å². The maximum Gasteiger partial charge on any atom is 0.166 e. The summed E-state index contributed by atoms with van der Waals surface area (Å²) >= 11 is 5.53. The molecule has 0 heterocycles. The molecular formula is C6H5ClO2. The van der Waals surface area contributed by atoms with Crippen LogP contribution in [0.3, 0.4) is 0 Å². The molecule has 0 radical (unpaired) electrons. The predicted octanol–water partition coefficient (Wildman–Crippen LogP) is 2.19. The van der Waals surface area contributed by atoms with Crippen molar-refractivity contribution < 1.29 is 10.1 Å². The molecule has 0 aliphatic heterocycles. The Labute approximate surface area is 57.6 Å². The second-order valence-corrected chi connectivity index (χ2v) is 1.99. The standard InChI is InChI=1S/C6H5ClO2/c7-5-2-1-3-6(4-5)9-8/h1-4,8H. The van der Waals surface area contributed by atoms with Crippen LogP contribution in [0.1, 0.15) is 0 Å². The van der Waals surface area contributed by atoms with Gasteiger partial charge in [0.25, 0.3) is 0 Å². The lowest BCUT2D eigenvalue weighted by molar-refractivity contribution is -0.137. The quantitative estimate of drug-likeness (QED) is 0.484. The molecule has 0 saturated carbocycles. The molecule has 0 spiro atoms. The van der Waals surface area contributed by atoms with Gasteiger partial charge in [-0.1, -0.05) is 17.7 Å². The molecule has 0 amide bonds. The van der Waals surface area contributed by atoms with Crippen LogP contribution in [-0.2, 0) is 0 Å². The summed E-state index contributed by atoms with van der Waals surface area (Å²) in [6.07, 6.45) is 0. The van der Waals surface area contributed by atoms with E-state index in [0.717, 1.165) is 0 Å². The van der Waals surface area contributed by atoms with Crippen LogP contribution in [0.25, 0.3) is 0 Å². The average Bonchev–Trinajstić information content (AvgIpc) is 1.88. The van der Waals surface area contributed by atoms with Gasteiger partial charge in [0, 0.05) is 11.1 Å².